The summed E-state index contributed by atoms with van der Waals surface area (Å²) in [6.45, 7) is 3.43. The topological polar surface area (TPSA) is 63.7 Å². The van der Waals surface area contributed by atoms with Crippen molar-refractivity contribution in [3.63, 3.8) is 0 Å². The molecule has 0 aromatic carbocycles. The molecule has 1 amide bonds. The first-order chi connectivity index (χ1) is 11.3. The minimum atomic E-state index is -0.288. The zero-order chi connectivity index (χ0) is 15.7. The highest BCUT2D eigenvalue weighted by Gasteiger charge is 2.49. The second-order valence-electron chi connectivity index (χ2n) is 6.67. The average Bonchev–Trinajstić information content (AvgIpc) is 3.23. The second kappa shape index (κ2) is 6.09. The first kappa shape index (κ1) is 14.9. The summed E-state index contributed by atoms with van der Waals surface area (Å²) in [5.41, 5.74) is 0.468. The highest BCUT2D eigenvalue weighted by atomic mass is 16.5. The van der Waals surface area contributed by atoms with Crippen LogP contribution in [-0.2, 0) is 9.53 Å². The summed E-state index contributed by atoms with van der Waals surface area (Å²) < 4.78 is 11.1. The summed E-state index contributed by atoms with van der Waals surface area (Å²) >= 11 is 0. The van der Waals surface area contributed by atoms with Gasteiger partial charge in [0.2, 0.25) is 11.8 Å². The zero-order valence-corrected chi connectivity index (χ0v) is 13.3. The Hall–Kier alpha value is -1.66. The Labute approximate surface area is 136 Å². The van der Waals surface area contributed by atoms with E-state index in [9.17, 15) is 4.79 Å². The number of amides is 1. The van der Waals surface area contributed by atoms with Gasteiger partial charge in [-0.3, -0.25) is 9.69 Å². The van der Waals surface area contributed by atoms with Gasteiger partial charge in [-0.25, -0.2) is 4.98 Å². The van der Waals surface area contributed by atoms with E-state index in [1.807, 2.05) is 6.07 Å². The molecule has 124 valence electrons. The predicted molar refractivity (Wildman–Crippen MR) is 85.5 cm³/mol. The maximum atomic E-state index is 12.8. The van der Waals surface area contributed by atoms with Crippen molar-refractivity contribution >= 4 is 11.6 Å². The van der Waals surface area contributed by atoms with E-state index in [1.165, 1.54) is 0 Å². The van der Waals surface area contributed by atoms with Gasteiger partial charge in [0.05, 0.1) is 13.2 Å². The van der Waals surface area contributed by atoms with Crippen molar-refractivity contribution in [1.29, 1.82) is 0 Å². The number of pyridine rings is 1. The normalized spacial score (nSPS) is 26.2. The number of ether oxygens (including phenoxy) is 2. The molecule has 1 aromatic heterocycles. The molecule has 3 aliphatic heterocycles. The molecule has 1 aromatic rings. The van der Waals surface area contributed by atoms with Crippen molar-refractivity contribution in [3.05, 3.63) is 18.3 Å². The molecular formula is C17H23N3O3. The molecule has 3 fully saturated rings. The van der Waals surface area contributed by atoms with Gasteiger partial charge in [0.25, 0.3) is 0 Å². The van der Waals surface area contributed by atoms with Crippen LogP contribution in [0.15, 0.2) is 18.3 Å². The van der Waals surface area contributed by atoms with Gasteiger partial charge in [-0.2, -0.15) is 0 Å². The van der Waals surface area contributed by atoms with Gasteiger partial charge in [-0.15, -0.1) is 0 Å². The van der Waals surface area contributed by atoms with E-state index in [0.29, 0.717) is 12.5 Å². The van der Waals surface area contributed by atoms with Crippen LogP contribution in [0.2, 0.25) is 0 Å². The lowest BCUT2D eigenvalue weighted by atomic mass is 9.93. The summed E-state index contributed by atoms with van der Waals surface area (Å²) in [6, 6.07) is 3.63. The molecule has 6 nitrogen and oxygen atoms in total. The van der Waals surface area contributed by atoms with Crippen molar-refractivity contribution in [1.82, 2.24) is 9.88 Å². The molecular weight excluding hydrogens is 294 g/mol. The fraction of sp³-hybridized carbons (Fsp3) is 0.647. The van der Waals surface area contributed by atoms with E-state index in [4.69, 9.17) is 9.47 Å². The van der Waals surface area contributed by atoms with Crippen LogP contribution < -0.4 is 10.1 Å². The maximum absolute atomic E-state index is 12.8. The molecule has 1 atom stereocenters. The molecule has 0 saturated carbocycles. The monoisotopic (exact) mass is 317 g/mol. The third-order valence-corrected chi connectivity index (χ3v) is 5.23. The number of fused-ring (bicyclic) bond motifs is 1. The highest BCUT2D eigenvalue weighted by molar-refractivity contribution is 5.98. The number of nitrogens with one attached hydrogen (secondary N) is 1. The van der Waals surface area contributed by atoms with Gasteiger partial charge in [-0.05, 0) is 44.8 Å². The van der Waals surface area contributed by atoms with Gasteiger partial charge in [0, 0.05) is 24.4 Å². The molecule has 23 heavy (non-hydrogen) atoms. The third-order valence-electron chi connectivity index (χ3n) is 5.23. The molecule has 6 heteroatoms. The largest absolute Gasteiger partial charge is 0.472 e. The van der Waals surface area contributed by atoms with Crippen LogP contribution in [0.1, 0.15) is 32.1 Å². The van der Waals surface area contributed by atoms with Gasteiger partial charge in [-0.1, -0.05) is 0 Å². The lowest BCUT2D eigenvalue weighted by Crippen LogP contribution is -2.48. The predicted octanol–water partition coefficient (Wildman–Crippen LogP) is 1.82. The van der Waals surface area contributed by atoms with Crippen LogP contribution in [0.3, 0.4) is 0 Å². The minimum absolute atomic E-state index is 0.0622. The number of hydrogen-bond acceptors (Lipinski definition) is 5. The van der Waals surface area contributed by atoms with Crippen LogP contribution in [0, 0.1) is 0 Å². The second-order valence-corrected chi connectivity index (χ2v) is 6.67. The zero-order valence-electron chi connectivity index (χ0n) is 13.3. The molecule has 4 heterocycles. The number of carbonyl (C=O) groups excluding carboxylic acids is 1. The molecule has 4 rings (SSSR count). The van der Waals surface area contributed by atoms with Crippen molar-refractivity contribution in [2.24, 2.45) is 0 Å². The van der Waals surface area contributed by atoms with E-state index in [-0.39, 0.29) is 17.6 Å². The first-order valence-electron chi connectivity index (χ1n) is 8.53. The smallest absolute Gasteiger partial charge is 0.244 e. The summed E-state index contributed by atoms with van der Waals surface area (Å²) in [4.78, 5) is 19.4. The van der Waals surface area contributed by atoms with E-state index in [0.717, 1.165) is 57.5 Å². The van der Waals surface area contributed by atoms with Crippen LogP contribution in [-0.4, -0.2) is 53.7 Å². The number of nitrogens with zero attached hydrogens (tertiary/aromatic N) is 2. The standard InChI is InChI=1S/C17H23N3O3/c21-16(17-5-1-8-20(17)9-2-6-17)19-13-3-7-18-15(11-13)23-14-4-10-22-12-14/h3,7,11,14H,1-2,4-6,8-10,12H2,(H,18,19,21). The molecule has 0 radical (unpaired) electrons. The number of carbonyl (C=O) groups is 1. The Balaban J connectivity index is 1.45. The molecule has 1 N–H and O–H groups in total. The van der Waals surface area contributed by atoms with E-state index in [2.05, 4.69) is 15.2 Å². The van der Waals surface area contributed by atoms with E-state index >= 15 is 0 Å². The SMILES string of the molecule is O=C(Nc1ccnc(OC2CCOC2)c1)C12CCCN1CCC2. The Morgan fingerprint density at radius 3 is 2.96 bits per heavy atom. The number of hydrogen-bond donors (Lipinski definition) is 1. The summed E-state index contributed by atoms with van der Waals surface area (Å²) in [7, 11) is 0. The first-order valence-corrected chi connectivity index (χ1v) is 8.53. The van der Waals surface area contributed by atoms with E-state index in [1.54, 1.807) is 12.3 Å². The third kappa shape index (κ3) is 2.81. The van der Waals surface area contributed by atoms with Gasteiger partial charge >= 0.3 is 0 Å². The number of aromatic nitrogens is 1. The Morgan fingerprint density at radius 2 is 2.22 bits per heavy atom. The summed E-state index contributed by atoms with van der Waals surface area (Å²) in [6.07, 6.45) is 6.78. The molecule has 0 bridgehead atoms. The lowest BCUT2D eigenvalue weighted by molar-refractivity contribution is -0.125. The van der Waals surface area contributed by atoms with Crippen molar-refractivity contribution in [2.45, 2.75) is 43.7 Å². The van der Waals surface area contributed by atoms with Gasteiger partial charge < -0.3 is 14.8 Å². The Morgan fingerprint density at radius 1 is 1.39 bits per heavy atom. The Bertz CT molecular complexity index is 576. The quantitative estimate of drug-likeness (QED) is 0.918. The van der Waals surface area contributed by atoms with E-state index < -0.39 is 0 Å². The van der Waals surface area contributed by atoms with Gasteiger partial charge in [0.15, 0.2) is 0 Å². The number of anilines is 1. The van der Waals surface area contributed by atoms with Crippen LogP contribution >= 0.6 is 0 Å². The molecule has 3 aliphatic rings. The fourth-order valence-electron chi connectivity index (χ4n) is 4.05. The Kier molecular flexibility index (Phi) is 3.95. The summed E-state index contributed by atoms with van der Waals surface area (Å²) in [5, 5.41) is 3.08. The van der Waals surface area contributed by atoms with Gasteiger partial charge in [0.1, 0.15) is 11.6 Å². The highest BCUT2D eigenvalue weighted by Crippen LogP contribution is 2.39. The molecule has 3 saturated heterocycles. The van der Waals surface area contributed by atoms with Crippen LogP contribution in [0.25, 0.3) is 0 Å². The van der Waals surface area contributed by atoms with Crippen LogP contribution in [0.4, 0.5) is 5.69 Å². The van der Waals surface area contributed by atoms with Crippen molar-refractivity contribution in [2.75, 3.05) is 31.6 Å². The maximum Gasteiger partial charge on any atom is 0.244 e. The molecule has 1 unspecified atom stereocenters. The molecule has 0 spiro atoms. The summed E-state index contributed by atoms with van der Waals surface area (Å²) in [5.74, 6) is 0.666. The number of rotatable bonds is 4. The van der Waals surface area contributed by atoms with Crippen molar-refractivity contribution < 1.29 is 14.3 Å². The van der Waals surface area contributed by atoms with Crippen LogP contribution in [0.5, 0.6) is 5.88 Å². The lowest BCUT2D eigenvalue weighted by Gasteiger charge is -2.30. The molecule has 0 aliphatic carbocycles. The minimum Gasteiger partial charge on any atom is -0.472 e. The fourth-order valence-corrected chi connectivity index (χ4v) is 4.05. The average molecular weight is 317 g/mol. The van der Waals surface area contributed by atoms with Crippen molar-refractivity contribution in [3.8, 4) is 5.88 Å².